The van der Waals surface area contributed by atoms with E-state index in [1.54, 1.807) is 24.3 Å². The molecule has 0 fully saturated rings. The number of nitrogens with zero attached hydrogens (tertiary/aromatic N) is 2. The molecule has 0 aliphatic heterocycles. The number of carbonyl (C=O) groups excluding carboxylic acids is 1. The van der Waals surface area contributed by atoms with Crippen molar-refractivity contribution < 1.29 is 14.3 Å². The number of H-pyrrole nitrogens is 1. The van der Waals surface area contributed by atoms with Gasteiger partial charge in [-0.2, -0.15) is 5.10 Å². The molecule has 1 unspecified atom stereocenters. The fourth-order valence-corrected chi connectivity index (χ4v) is 3.75. The van der Waals surface area contributed by atoms with Gasteiger partial charge in [0.15, 0.2) is 11.6 Å². The van der Waals surface area contributed by atoms with Gasteiger partial charge in [0.2, 0.25) is 0 Å². The molecule has 30 heavy (non-hydrogen) atoms. The zero-order chi connectivity index (χ0) is 21.3. The highest BCUT2D eigenvalue weighted by molar-refractivity contribution is 6.30. The minimum atomic E-state index is -0.334. The zero-order valence-corrected chi connectivity index (χ0v) is 16.9. The minimum Gasteiger partial charge on any atom is -0.511 e. The molecule has 7 heteroatoms. The Morgan fingerprint density at radius 3 is 2.53 bits per heavy atom. The van der Waals surface area contributed by atoms with Crippen molar-refractivity contribution in [3.8, 4) is 11.1 Å². The molecule has 0 bridgehead atoms. The van der Waals surface area contributed by atoms with E-state index in [9.17, 15) is 14.3 Å². The number of benzene rings is 2. The second-order valence-electron chi connectivity index (χ2n) is 7.25. The summed E-state index contributed by atoms with van der Waals surface area (Å²) in [5.41, 5.74) is 3.52. The summed E-state index contributed by atoms with van der Waals surface area (Å²) in [5, 5.41) is 18.2. The molecule has 0 saturated heterocycles. The average Bonchev–Trinajstić information content (AvgIpc) is 3.09. The molecule has 152 valence electrons. The molecule has 0 saturated carbocycles. The quantitative estimate of drug-likeness (QED) is 0.517. The van der Waals surface area contributed by atoms with E-state index in [0.717, 1.165) is 22.4 Å². The summed E-state index contributed by atoms with van der Waals surface area (Å²) in [5.74, 6) is -0.336. The van der Waals surface area contributed by atoms with Crippen LogP contribution in [0.15, 0.2) is 64.9 Å². The van der Waals surface area contributed by atoms with Crippen LogP contribution in [0.2, 0.25) is 5.02 Å². The monoisotopic (exact) mass is 423 g/mol. The molecule has 5 nitrogen and oxygen atoms in total. The van der Waals surface area contributed by atoms with Crippen molar-refractivity contribution in [2.24, 2.45) is 4.99 Å². The molecule has 0 spiro atoms. The van der Waals surface area contributed by atoms with E-state index in [4.69, 9.17) is 11.6 Å². The van der Waals surface area contributed by atoms with Crippen LogP contribution in [0.25, 0.3) is 11.1 Å². The lowest BCUT2D eigenvalue weighted by Gasteiger charge is -2.22. The number of allylic oxidation sites excluding steroid dienone is 2. The Kier molecular flexibility index (Phi) is 5.50. The van der Waals surface area contributed by atoms with E-state index in [1.807, 2.05) is 19.1 Å². The largest absolute Gasteiger partial charge is 0.511 e. The van der Waals surface area contributed by atoms with Gasteiger partial charge >= 0.3 is 0 Å². The first kappa shape index (κ1) is 20.0. The maximum Gasteiger partial charge on any atom is 0.181 e. The number of aryl methyl sites for hydroxylation is 1. The number of hydrogen-bond acceptors (Lipinski definition) is 4. The highest BCUT2D eigenvalue weighted by Crippen LogP contribution is 2.35. The second-order valence-corrected chi connectivity index (χ2v) is 7.69. The summed E-state index contributed by atoms with van der Waals surface area (Å²) < 4.78 is 13.1. The van der Waals surface area contributed by atoms with Gasteiger partial charge in [-0.25, -0.2) is 9.38 Å². The van der Waals surface area contributed by atoms with E-state index in [1.165, 1.54) is 18.3 Å². The third kappa shape index (κ3) is 4.04. The minimum absolute atomic E-state index is 0.0235. The first-order valence-electron chi connectivity index (χ1n) is 9.48. The number of aliphatic hydroxyl groups is 1. The molecular weight excluding hydrogens is 405 g/mol. The van der Waals surface area contributed by atoms with Gasteiger partial charge < -0.3 is 5.11 Å². The van der Waals surface area contributed by atoms with Crippen molar-refractivity contribution in [3.05, 3.63) is 82.0 Å². The number of ketones is 1. The van der Waals surface area contributed by atoms with Gasteiger partial charge in [0.1, 0.15) is 11.6 Å². The first-order chi connectivity index (χ1) is 14.4. The summed E-state index contributed by atoms with van der Waals surface area (Å²) in [6.07, 6.45) is 1.89. The predicted octanol–water partition coefficient (Wildman–Crippen LogP) is 5.84. The van der Waals surface area contributed by atoms with Gasteiger partial charge in [-0.1, -0.05) is 35.9 Å². The van der Waals surface area contributed by atoms with E-state index < -0.39 is 0 Å². The molecule has 1 aliphatic rings. The van der Waals surface area contributed by atoms with Gasteiger partial charge in [-0.3, -0.25) is 9.89 Å². The van der Waals surface area contributed by atoms with Crippen molar-refractivity contribution in [3.63, 3.8) is 0 Å². The molecule has 1 heterocycles. The van der Waals surface area contributed by atoms with E-state index in [-0.39, 0.29) is 35.3 Å². The number of aliphatic imine (C=N–C) groups is 1. The Bertz CT molecular complexity index is 1150. The Morgan fingerprint density at radius 2 is 1.87 bits per heavy atom. The van der Waals surface area contributed by atoms with Crippen LogP contribution >= 0.6 is 11.6 Å². The predicted molar refractivity (Wildman–Crippen MR) is 115 cm³/mol. The van der Waals surface area contributed by atoms with Gasteiger partial charge in [-0.15, -0.1) is 0 Å². The van der Waals surface area contributed by atoms with Crippen LogP contribution in [0.3, 0.4) is 0 Å². The van der Waals surface area contributed by atoms with Crippen molar-refractivity contribution in [2.75, 3.05) is 0 Å². The second kappa shape index (κ2) is 8.24. The molecule has 2 aromatic carbocycles. The summed E-state index contributed by atoms with van der Waals surface area (Å²) in [7, 11) is 0. The third-order valence-corrected chi connectivity index (χ3v) is 5.45. The van der Waals surface area contributed by atoms with Crippen molar-refractivity contribution in [1.82, 2.24) is 10.2 Å². The molecule has 1 aromatic heterocycles. The summed E-state index contributed by atoms with van der Waals surface area (Å²) in [6.45, 7) is 1.88. The third-order valence-electron chi connectivity index (χ3n) is 5.20. The maximum atomic E-state index is 13.1. The fourth-order valence-electron chi connectivity index (χ4n) is 3.62. The maximum absolute atomic E-state index is 13.1. The Morgan fingerprint density at radius 1 is 1.17 bits per heavy atom. The number of aromatic nitrogens is 2. The summed E-state index contributed by atoms with van der Waals surface area (Å²) in [4.78, 5) is 17.0. The van der Waals surface area contributed by atoms with E-state index in [0.29, 0.717) is 17.3 Å². The lowest BCUT2D eigenvalue weighted by molar-refractivity contribution is -0.116. The zero-order valence-electron chi connectivity index (χ0n) is 16.2. The number of hydrogen-bond donors (Lipinski definition) is 2. The van der Waals surface area contributed by atoms with Crippen LogP contribution in [-0.4, -0.2) is 27.3 Å². The standard InChI is InChI=1S/C23H19ClFN3O2/c1-13-22(15-2-6-17(24)7-3-15)23(28-27-13)26-12-19-20(29)10-16(11-21(19)30)14-4-8-18(25)9-5-14/h2-9,12,16,29H,10-11H2,1H3,(H,27,28). The number of halogens is 2. The molecule has 1 atom stereocenters. The Hall–Kier alpha value is -3.25. The lowest BCUT2D eigenvalue weighted by atomic mass is 9.83. The van der Waals surface area contributed by atoms with Crippen molar-refractivity contribution in [2.45, 2.75) is 25.7 Å². The van der Waals surface area contributed by atoms with Crippen LogP contribution in [0.5, 0.6) is 0 Å². The molecule has 1 aliphatic carbocycles. The van der Waals surface area contributed by atoms with Crippen LogP contribution in [0, 0.1) is 12.7 Å². The van der Waals surface area contributed by atoms with Crippen molar-refractivity contribution in [1.29, 1.82) is 0 Å². The summed E-state index contributed by atoms with van der Waals surface area (Å²) in [6, 6.07) is 13.3. The van der Waals surface area contributed by atoms with Crippen LogP contribution in [0.1, 0.15) is 30.0 Å². The highest BCUT2D eigenvalue weighted by atomic mass is 35.5. The normalized spacial score (nSPS) is 17.2. The molecule has 0 amide bonds. The van der Waals surface area contributed by atoms with Gasteiger partial charge in [0.25, 0.3) is 0 Å². The molecule has 3 aromatic rings. The smallest absolute Gasteiger partial charge is 0.181 e. The number of nitrogens with one attached hydrogen (secondary N) is 1. The highest BCUT2D eigenvalue weighted by Gasteiger charge is 2.28. The number of aliphatic hydroxyl groups excluding tert-OH is 1. The summed E-state index contributed by atoms with van der Waals surface area (Å²) >= 11 is 5.97. The molecular formula is C23H19ClFN3O2. The number of aromatic amines is 1. The Balaban J connectivity index is 1.60. The van der Waals surface area contributed by atoms with Gasteiger partial charge in [0, 0.05) is 35.3 Å². The number of carbonyl (C=O) groups is 1. The van der Waals surface area contributed by atoms with E-state index in [2.05, 4.69) is 15.2 Å². The Labute approximate surface area is 177 Å². The molecule has 2 N–H and O–H groups in total. The molecule has 4 rings (SSSR count). The lowest BCUT2D eigenvalue weighted by Crippen LogP contribution is -2.19. The molecule has 0 radical (unpaired) electrons. The fraction of sp³-hybridized carbons (Fsp3) is 0.174. The number of rotatable bonds is 4. The van der Waals surface area contributed by atoms with Gasteiger partial charge in [0.05, 0.1) is 5.57 Å². The average molecular weight is 424 g/mol. The van der Waals surface area contributed by atoms with Crippen LogP contribution < -0.4 is 0 Å². The SMILES string of the molecule is Cc1[nH]nc(N=CC2=C(O)CC(c3ccc(F)cc3)CC2=O)c1-c1ccc(Cl)cc1. The topological polar surface area (TPSA) is 78.3 Å². The van der Waals surface area contributed by atoms with Crippen LogP contribution in [-0.2, 0) is 4.79 Å². The van der Waals surface area contributed by atoms with E-state index >= 15 is 0 Å². The number of Topliss-reactive ketones (excluding diaryl/α,β-unsaturated/α-hetero) is 1. The first-order valence-corrected chi connectivity index (χ1v) is 9.86. The van der Waals surface area contributed by atoms with Crippen molar-refractivity contribution >= 4 is 29.4 Å². The van der Waals surface area contributed by atoms with Gasteiger partial charge in [-0.05, 0) is 48.2 Å². The van der Waals surface area contributed by atoms with Crippen LogP contribution in [0.4, 0.5) is 10.2 Å².